The fraction of sp³-hybridized carbons (Fsp3) is 0.0370. The van der Waals surface area contributed by atoms with Crippen LogP contribution in [0.5, 0.6) is 5.75 Å². The number of fused-ring (bicyclic) bond motifs is 1. The Balaban J connectivity index is 1.58. The molecule has 2 aromatic heterocycles. The van der Waals surface area contributed by atoms with Crippen LogP contribution in [0.3, 0.4) is 0 Å². The van der Waals surface area contributed by atoms with Crippen molar-refractivity contribution in [1.82, 2.24) is 4.98 Å². The lowest BCUT2D eigenvalue weighted by Gasteiger charge is -2.22. The van der Waals surface area contributed by atoms with Crippen LogP contribution in [-0.4, -0.2) is 18.0 Å². The molecule has 0 unspecified atom stereocenters. The molecule has 0 radical (unpaired) electrons. The molecule has 5 aromatic rings. The van der Waals surface area contributed by atoms with Gasteiger partial charge < -0.3 is 10.5 Å². The van der Waals surface area contributed by atoms with Gasteiger partial charge in [-0.05, 0) is 60.7 Å². The van der Waals surface area contributed by atoms with Crippen molar-refractivity contribution in [3.63, 3.8) is 0 Å². The summed E-state index contributed by atoms with van der Waals surface area (Å²) in [6.07, 6.45) is 0. The van der Waals surface area contributed by atoms with Gasteiger partial charge in [-0.25, -0.2) is 4.98 Å². The second kappa shape index (κ2) is 8.76. The number of pyridine rings is 1. The Bertz CT molecular complexity index is 1380. The summed E-state index contributed by atoms with van der Waals surface area (Å²) in [4.78, 5) is 21.5. The number of nitrogens with zero attached hydrogens (tertiary/aromatic N) is 2. The van der Waals surface area contributed by atoms with Gasteiger partial charge in [0, 0.05) is 22.3 Å². The SMILES string of the molecule is COc1ccc(-c2ccc3c(N)c(C(=O)N(c4ccccc4)c4ccccc4)sc3n2)cc1. The molecular formula is C27H21N3O2S. The maximum absolute atomic E-state index is 13.8. The average molecular weight is 452 g/mol. The molecule has 0 spiro atoms. The lowest BCUT2D eigenvalue weighted by atomic mass is 10.1. The van der Waals surface area contributed by atoms with E-state index in [1.54, 1.807) is 12.0 Å². The first-order valence-corrected chi connectivity index (χ1v) is 11.3. The number of aromatic nitrogens is 1. The van der Waals surface area contributed by atoms with Crippen LogP contribution in [0.2, 0.25) is 0 Å². The summed E-state index contributed by atoms with van der Waals surface area (Å²) < 4.78 is 5.24. The second-order valence-corrected chi connectivity index (χ2v) is 8.43. The number of amides is 1. The van der Waals surface area contributed by atoms with E-state index in [0.717, 1.165) is 38.6 Å². The molecule has 0 atom stereocenters. The number of anilines is 3. The number of para-hydroxylation sites is 2. The zero-order valence-corrected chi connectivity index (χ0v) is 18.8. The van der Waals surface area contributed by atoms with Gasteiger partial charge in [0.15, 0.2) is 0 Å². The van der Waals surface area contributed by atoms with Crippen LogP contribution in [0.15, 0.2) is 97.1 Å². The molecule has 33 heavy (non-hydrogen) atoms. The molecule has 5 nitrogen and oxygen atoms in total. The van der Waals surface area contributed by atoms with Gasteiger partial charge in [0.05, 0.1) is 18.5 Å². The molecule has 2 heterocycles. The largest absolute Gasteiger partial charge is 0.497 e. The first-order chi connectivity index (χ1) is 16.2. The predicted octanol–water partition coefficient (Wildman–Crippen LogP) is 6.53. The zero-order chi connectivity index (χ0) is 22.8. The van der Waals surface area contributed by atoms with Crippen molar-refractivity contribution in [3.05, 3.63) is 102 Å². The molecule has 0 saturated carbocycles. The van der Waals surface area contributed by atoms with Gasteiger partial charge in [0.25, 0.3) is 5.91 Å². The van der Waals surface area contributed by atoms with Gasteiger partial charge in [0.2, 0.25) is 0 Å². The molecule has 0 aliphatic carbocycles. The molecule has 0 bridgehead atoms. The molecular weight excluding hydrogens is 430 g/mol. The highest BCUT2D eigenvalue weighted by molar-refractivity contribution is 7.21. The van der Waals surface area contributed by atoms with Gasteiger partial charge in [-0.1, -0.05) is 36.4 Å². The molecule has 0 fully saturated rings. The number of nitrogens with two attached hydrogens (primary N) is 1. The molecule has 2 N–H and O–H groups in total. The van der Waals surface area contributed by atoms with Crippen LogP contribution >= 0.6 is 11.3 Å². The van der Waals surface area contributed by atoms with E-state index >= 15 is 0 Å². The van der Waals surface area contributed by atoms with Gasteiger partial charge in [-0.15, -0.1) is 11.3 Å². The Morgan fingerprint density at radius 3 is 2.03 bits per heavy atom. The van der Waals surface area contributed by atoms with Crippen molar-refractivity contribution in [2.75, 3.05) is 17.7 Å². The van der Waals surface area contributed by atoms with Crippen LogP contribution < -0.4 is 15.4 Å². The van der Waals surface area contributed by atoms with E-state index in [2.05, 4.69) is 0 Å². The van der Waals surface area contributed by atoms with Gasteiger partial charge >= 0.3 is 0 Å². The van der Waals surface area contributed by atoms with E-state index in [9.17, 15) is 4.79 Å². The van der Waals surface area contributed by atoms with E-state index in [1.165, 1.54) is 11.3 Å². The maximum atomic E-state index is 13.8. The van der Waals surface area contributed by atoms with Crippen LogP contribution in [0.25, 0.3) is 21.5 Å². The lowest BCUT2D eigenvalue weighted by molar-refractivity contribution is 0.100. The van der Waals surface area contributed by atoms with Crippen LogP contribution in [0, 0.1) is 0 Å². The van der Waals surface area contributed by atoms with Crippen molar-refractivity contribution in [3.8, 4) is 17.0 Å². The first-order valence-electron chi connectivity index (χ1n) is 10.4. The maximum Gasteiger partial charge on any atom is 0.275 e. The number of rotatable bonds is 5. The molecule has 0 aliphatic rings. The van der Waals surface area contributed by atoms with Crippen molar-refractivity contribution >= 4 is 44.5 Å². The molecule has 162 valence electrons. The third-order valence-electron chi connectivity index (χ3n) is 5.41. The highest BCUT2D eigenvalue weighted by Gasteiger charge is 2.25. The minimum Gasteiger partial charge on any atom is -0.497 e. The Morgan fingerprint density at radius 1 is 0.848 bits per heavy atom. The van der Waals surface area contributed by atoms with E-state index in [-0.39, 0.29) is 5.91 Å². The number of hydrogen-bond donors (Lipinski definition) is 1. The Morgan fingerprint density at radius 2 is 1.45 bits per heavy atom. The number of thiophene rings is 1. The minimum absolute atomic E-state index is 0.182. The summed E-state index contributed by atoms with van der Waals surface area (Å²) >= 11 is 1.31. The molecule has 3 aromatic carbocycles. The number of carbonyl (C=O) groups excluding carboxylic acids is 1. The summed E-state index contributed by atoms with van der Waals surface area (Å²) in [5.41, 5.74) is 10.2. The number of carbonyl (C=O) groups is 1. The molecule has 1 amide bonds. The van der Waals surface area contributed by atoms with Gasteiger partial charge in [0.1, 0.15) is 15.5 Å². The van der Waals surface area contributed by atoms with Gasteiger partial charge in [-0.3, -0.25) is 9.69 Å². The fourth-order valence-corrected chi connectivity index (χ4v) is 4.74. The summed E-state index contributed by atoms with van der Waals surface area (Å²) in [5.74, 6) is 0.605. The van der Waals surface area contributed by atoms with Crippen LogP contribution in [-0.2, 0) is 0 Å². The summed E-state index contributed by atoms with van der Waals surface area (Å²) in [6, 6.07) is 30.7. The fourth-order valence-electron chi connectivity index (χ4n) is 3.72. The monoisotopic (exact) mass is 451 g/mol. The Hall–Kier alpha value is -4.16. The first kappa shape index (κ1) is 20.7. The number of ether oxygens (including phenoxy) is 1. The van der Waals surface area contributed by atoms with E-state index in [1.807, 2.05) is 97.1 Å². The van der Waals surface area contributed by atoms with Crippen molar-refractivity contribution in [1.29, 1.82) is 0 Å². The molecule has 0 saturated heterocycles. The Labute approximate surface area is 195 Å². The number of nitrogen functional groups attached to an aromatic ring is 1. The van der Waals surface area contributed by atoms with Crippen molar-refractivity contribution in [2.45, 2.75) is 0 Å². The quantitative estimate of drug-likeness (QED) is 0.330. The highest BCUT2D eigenvalue weighted by Crippen LogP contribution is 2.37. The summed E-state index contributed by atoms with van der Waals surface area (Å²) in [6.45, 7) is 0. The lowest BCUT2D eigenvalue weighted by Crippen LogP contribution is -2.25. The number of hydrogen-bond acceptors (Lipinski definition) is 5. The second-order valence-electron chi connectivity index (χ2n) is 7.43. The average Bonchev–Trinajstić information content (AvgIpc) is 3.21. The smallest absolute Gasteiger partial charge is 0.275 e. The predicted molar refractivity (Wildman–Crippen MR) is 135 cm³/mol. The Kier molecular flexibility index (Phi) is 5.50. The third-order valence-corrected chi connectivity index (χ3v) is 6.51. The highest BCUT2D eigenvalue weighted by atomic mass is 32.1. The summed E-state index contributed by atoms with van der Waals surface area (Å²) in [7, 11) is 1.64. The van der Waals surface area contributed by atoms with E-state index in [0.29, 0.717) is 10.6 Å². The van der Waals surface area contributed by atoms with E-state index < -0.39 is 0 Å². The van der Waals surface area contributed by atoms with Crippen molar-refractivity contribution in [2.24, 2.45) is 0 Å². The molecule has 6 heteroatoms. The minimum atomic E-state index is -0.182. The molecule has 5 rings (SSSR count). The van der Waals surface area contributed by atoms with E-state index in [4.69, 9.17) is 15.5 Å². The van der Waals surface area contributed by atoms with Crippen LogP contribution in [0.4, 0.5) is 17.1 Å². The van der Waals surface area contributed by atoms with Gasteiger partial charge in [-0.2, -0.15) is 0 Å². The zero-order valence-electron chi connectivity index (χ0n) is 17.9. The van der Waals surface area contributed by atoms with Crippen LogP contribution in [0.1, 0.15) is 9.67 Å². The normalized spacial score (nSPS) is 10.8. The van der Waals surface area contributed by atoms with Crippen molar-refractivity contribution < 1.29 is 9.53 Å². The summed E-state index contributed by atoms with van der Waals surface area (Å²) in [5, 5.41) is 0.779. The number of methoxy groups -OCH3 is 1. The molecule has 0 aliphatic heterocycles. The standard InChI is InChI=1S/C27H21N3O2S/c1-32-21-14-12-18(13-15-21)23-17-16-22-24(28)25(33-26(22)29-23)27(31)30(19-8-4-2-5-9-19)20-10-6-3-7-11-20/h2-17H,28H2,1H3. The topological polar surface area (TPSA) is 68.5 Å². The third kappa shape index (κ3) is 3.92. The number of benzene rings is 3.